The van der Waals surface area contributed by atoms with E-state index in [0.717, 1.165) is 5.56 Å². The fourth-order valence-electron chi connectivity index (χ4n) is 1.67. The van der Waals surface area contributed by atoms with Crippen LogP contribution in [0, 0.1) is 6.92 Å². The van der Waals surface area contributed by atoms with Crippen LogP contribution >= 0.6 is 0 Å². The number of aryl methyl sites for hydroxylation is 1. The third kappa shape index (κ3) is 2.65. The van der Waals surface area contributed by atoms with E-state index in [1.807, 2.05) is 6.92 Å². The zero-order chi connectivity index (χ0) is 14.0. The fraction of sp³-hybridized carbons (Fsp3) is 0.143. The summed E-state index contributed by atoms with van der Waals surface area (Å²) in [6.07, 6.45) is 1.56. The van der Waals surface area contributed by atoms with Crippen molar-refractivity contribution in [2.75, 3.05) is 11.1 Å². The van der Waals surface area contributed by atoms with Crippen LogP contribution in [-0.2, 0) is 7.05 Å². The number of pyridine rings is 1. The summed E-state index contributed by atoms with van der Waals surface area (Å²) in [7, 11) is 1.63. The molecule has 3 N–H and O–H groups in total. The predicted molar refractivity (Wildman–Crippen MR) is 75.2 cm³/mol. The van der Waals surface area contributed by atoms with Gasteiger partial charge in [0.2, 0.25) is 0 Å². The Bertz CT molecular complexity index is 689. The van der Waals surface area contributed by atoms with E-state index >= 15 is 0 Å². The van der Waals surface area contributed by atoms with Gasteiger partial charge in [-0.3, -0.25) is 9.59 Å². The summed E-state index contributed by atoms with van der Waals surface area (Å²) < 4.78 is 1.41. The smallest absolute Gasteiger partial charge is 0.255 e. The molecule has 0 aliphatic carbocycles. The minimum Gasteiger partial charge on any atom is -0.398 e. The van der Waals surface area contributed by atoms with E-state index in [0.29, 0.717) is 16.9 Å². The summed E-state index contributed by atoms with van der Waals surface area (Å²) in [6.45, 7) is 1.83. The molecule has 0 saturated heterocycles. The first-order valence-electron chi connectivity index (χ1n) is 5.82. The lowest BCUT2D eigenvalue weighted by Gasteiger charge is -2.10. The van der Waals surface area contributed by atoms with Crippen LogP contribution in [0.1, 0.15) is 15.9 Å². The number of amides is 1. The maximum Gasteiger partial charge on any atom is 0.255 e. The normalized spacial score (nSPS) is 10.2. The van der Waals surface area contributed by atoms with Crippen LogP contribution in [0.15, 0.2) is 41.3 Å². The van der Waals surface area contributed by atoms with Gasteiger partial charge in [-0.05, 0) is 30.7 Å². The van der Waals surface area contributed by atoms with Crippen LogP contribution in [0.25, 0.3) is 0 Å². The van der Waals surface area contributed by atoms with E-state index in [-0.39, 0.29) is 11.5 Å². The second-order valence-electron chi connectivity index (χ2n) is 4.34. The largest absolute Gasteiger partial charge is 0.398 e. The standard InChI is InChI=1S/C14H15N3O2/c1-9-11(15)4-3-5-12(9)16-14(19)10-6-7-17(2)13(18)8-10/h3-8H,15H2,1-2H3,(H,16,19). The lowest BCUT2D eigenvalue weighted by Crippen LogP contribution is -2.20. The molecule has 0 atom stereocenters. The third-order valence-electron chi connectivity index (χ3n) is 2.99. The van der Waals surface area contributed by atoms with Crippen LogP contribution in [0.2, 0.25) is 0 Å². The second-order valence-corrected chi connectivity index (χ2v) is 4.34. The van der Waals surface area contributed by atoms with E-state index < -0.39 is 0 Å². The van der Waals surface area contributed by atoms with Gasteiger partial charge < -0.3 is 15.6 Å². The van der Waals surface area contributed by atoms with Gasteiger partial charge in [-0.2, -0.15) is 0 Å². The summed E-state index contributed by atoms with van der Waals surface area (Å²) >= 11 is 0. The molecule has 1 amide bonds. The van der Waals surface area contributed by atoms with Crippen LogP contribution in [0.5, 0.6) is 0 Å². The fourth-order valence-corrected chi connectivity index (χ4v) is 1.67. The molecule has 5 nitrogen and oxygen atoms in total. The van der Waals surface area contributed by atoms with Crippen molar-refractivity contribution in [2.24, 2.45) is 7.05 Å². The van der Waals surface area contributed by atoms with Crippen molar-refractivity contribution in [1.29, 1.82) is 0 Å². The Morgan fingerprint density at radius 3 is 2.74 bits per heavy atom. The van der Waals surface area contributed by atoms with Crippen LogP contribution in [-0.4, -0.2) is 10.5 Å². The Balaban J connectivity index is 2.28. The summed E-state index contributed by atoms with van der Waals surface area (Å²) in [6, 6.07) is 8.20. The van der Waals surface area contributed by atoms with Gasteiger partial charge in [0, 0.05) is 36.2 Å². The van der Waals surface area contributed by atoms with Gasteiger partial charge in [-0.15, -0.1) is 0 Å². The van der Waals surface area contributed by atoms with Gasteiger partial charge in [0.25, 0.3) is 11.5 Å². The Kier molecular flexibility index (Phi) is 3.37. The molecule has 0 radical (unpaired) electrons. The first-order valence-corrected chi connectivity index (χ1v) is 5.82. The minimum atomic E-state index is -0.327. The zero-order valence-corrected chi connectivity index (χ0v) is 10.8. The molecule has 0 spiro atoms. The first kappa shape index (κ1) is 12.9. The second kappa shape index (κ2) is 4.97. The molecular weight excluding hydrogens is 242 g/mol. The van der Waals surface area contributed by atoms with Gasteiger partial charge in [0.15, 0.2) is 0 Å². The highest BCUT2D eigenvalue weighted by molar-refractivity contribution is 6.04. The molecule has 1 aromatic carbocycles. The number of hydrogen-bond acceptors (Lipinski definition) is 3. The minimum absolute atomic E-state index is 0.225. The average Bonchev–Trinajstić information content (AvgIpc) is 2.38. The number of anilines is 2. The predicted octanol–water partition coefficient (Wildman–Crippen LogP) is 1.53. The Morgan fingerprint density at radius 1 is 1.32 bits per heavy atom. The van der Waals surface area contributed by atoms with Gasteiger partial charge in [0.05, 0.1) is 0 Å². The average molecular weight is 257 g/mol. The van der Waals surface area contributed by atoms with Crippen LogP contribution in [0.3, 0.4) is 0 Å². The van der Waals surface area contributed by atoms with Gasteiger partial charge in [-0.1, -0.05) is 6.07 Å². The molecule has 0 aliphatic heterocycles. The first-order chi connectivity index (χ1) is 8.99. The van der Waals surface area contributed by atoms with E-state index in [2.05, 4.69) is 5.32 Å². The van der Waals surface area contributed by atoms with Crippen molar-refractivity contribution in [1.82, 2.24) is 4.57 Å². The molecule has 0 unspecified atom stereocenters. The summed E-state index contributed by atoms with van der Waals surface area (Å²) in [5.41, 5.74) is 7.94. The monoisotopic (exact) mass is 257 g/mol. The van der Waals surface area contributed by atoms with Crippen molar-refractivity contribution < 1.29 is 4.79 Å². The lowest BCUT2D eigenvalue weighted by molar-refractivity contribution is 0.102. The molecular formula is C14H15N3O2. The van der Waals surface area contributed by atoms with Crippen LogP contribution < -0.4 is 16.6 Å². The number of aromatic nitrogens is 1. The summed E-state index contributed by atoms with van der Waals surface area (Å²) in [5, 5.41) is 2.75. The molecule has 1 heterocycles. The lowest BCUT2D eigenvalue weighted by atomic mass is 10.1. The number of nitrogen functional groups attached to an aromatic ring is 1. The molecule has 5 heteroatoms. The molecule has 1 aromatic heterocycles. The van der Waals surface area contributed by atoms with Crippen LogP contribution in [0.4, 0.5) is 11.4 Å². The van der Waals surface area contributed by atoms with Crippen molar-refractivity contribution in [2.45, 2.75) is 6.92 Å². The maximum atomic E-state index is 12.0. The van der Waals surface area contributed by atoms with Gasteiger partial charge in [0.1, 0.15) is 0 Å². The van der Waals surface area contributed by atoms with E-state index in [9.17, 15) is 9.59 Å². The number of carbonyl (C=O) groups is 1. The van der Waals surface area contributed by atoms with Crippen molar-refractivity contribution in [3.63, 3.8) is 0 Å². The van der Waals surface area contributed by atoms with Crippen molar-refractivity contribution >= 4 is 17.3 Å². The Hall–Kier alpha value is -2.56. The Morgan fingerprint density at radius 2 is 2.05 bits per heavy atom. The van der Waals surface area contributed by atoms with E-state index in [1.165, 1.54) is 10.6 Å². The number of rotatable bonds is 2. The summed E-state index contributed by atoms with van der Waals surface area (Å²) in [4.78, 5) is 23.5. The molecule has 0 fully saturated rings. The third-order valence-corrected chi connectivity index (χ3v) is 2.99. The highest BCUT2D eigenvalue weighted by atomic mass is 16.2. The molecule has 2 rings (SSSR count). The molecule has 19 heavy (non-hydrogen) atoms. The molecule has 0 saturated carbocycles. The Labute approximate surface area is 110 Å². The molecule has 0 aliphatic rings. The topological polar surface area (TPSA) is 77.1 Å². The van der Waals surface area contributed by atoms with Crippen molar-refractivity contribution in [3.05, 3.63) is 58.0 Å². The van der Waals surface area contributed by atoms with Gasteiger partial charge in [-0.25, -0.2) is 0 Å². The highest BCUT2D eigenvalue weighted by Gasteiger charge is 2.09. The quantitative estimate of drug-likeness (QED) is 0.801. The molecule has 0 bridgehead atoms. The van der Waals surface area contributed by atoms with E-state index in [4.69, 9.17) is 5.73 Å². The summed E-state index contributed by atoms with van der Waals surface area (Å²) in [5.74, 6) is -0.327. The number of benzene rings is 1. The molecule has 98 valence electrons. The van der Waals surface area contributed by atoms with E-state index in [1.54, 1.807) is 37.5 Å². The number of carbonyl (C=O) groups excluding carboxylic acids is 1. The van der Waals surface area contributed by atoms with Crippen molar-refractivity contribution in [3.8, 4) is 0 Å². The SMILES string of the molecule is Cc1c(N)cccc1NC(=O)c1ccn(C)c(=O)c1. The maximum absolute atomic E-state index is 12.0. The van der Waals surface area contributed by atoms with Gasteiger partial charge >= 0.3 is 0 Å². The number of nitrogens with two attached hydrogens (primary N) is 1. The highest BCUT2D eigenvalue weighted by Crippen LogP contribution is 2.20. The number of nitrogens with zero attached hydrogens (tertiary/aromatic N) is 1. The zero-order valence-electron chi connectivity index (χ0n) is 10.8. The number of hydrogen-bond donors (Lipinski definition) is 2. The number of nitrogens with one attached hydrogen (secondary N) is 1. The molecule has 2 aromatic rings.